The molecule has 0 atom stereocenters. The summed E-state index contributed by atoms with van der Waals surface area (Å²) in [6.07, 6.45) is 0. The molecule has 0 fully saturated rings. The maximum atomic E-state index is 13.5. The number of nitrogens with one attached hydrogen (secondary N) is 1. The second-order valence-corrected chi connectivity index (χ2v) is 11.3. The Hall–Kier alpha value is -2.38. The summed E-state index contributed by atoms with van der Waals surface area (Å²) in [7, 11) is -3.99. The van der Waals surface area contributed by atoms with Crippen molar-refractivity contribution in [3.8, 4) is 0 Å². The van der Waals surface area contributed by atoms with E-state index in [9.17, 15) is 13.2 Å². The molecule has 0 bridgehead atoms. The van der Waals surface area contributed by atoms with E-state index in [-0.39, 0.29) is 23.9 Å². The molecule has 0 spiro atoms. The van der Waals surface area contributed by atoms with Crippen LogP contribution in [0.5, 0.6) is 0 Å². The molecule has 0 unspecified atom stereocenters. The number of benzene rings is 3. The van der Waals surface area contributed by atoms with Gasteiger partial charge in [0.15, 0.2) is 0 Å². The van der Waals surface area contributed by atoms with Crippen LogP contribution in [-0.4, -0.2) is 25.2 Å². The highest BCUT2D eigenvalue weighted by molar-refractivity contribution is 7.89. The molecule has 0 aliphatic carbocycles. The average molecular weight is 519 g/mol. The van der Waals surface area contributed by atoms with Crippen LogP contribution in [0.1, 0.15) is 42.0 Å². The van der Waals surface area contributed by atoms with E-state index in [2.05, 4.69) is 5.32 Å². The van der Waals surface area contributed by atoms with Crippen LogP contribution in [0.3, 0.4) is 0 Å². The van der Waals surface area contributed by atoms with Gasteiger partial charge < -0.3 is 5.32 Å². The second-order valence-electron chi connectivity index (χ2n) is 8.56. The van der Waals surface area contributed by atoms with Crippen molar-refractivity contribution < 1.29 is 13.2 Å². The molecule has 3 rings (SSSR count). The van der Waals surface area contributed by atoms with Crippen LogP contribution in [0.15, 0.2) is 65.6 Å². The topological polar surface area (TPSA) is 66.5 Å². The molecule has 1 N–H and O–H groups in total. The Labute approximate surface area is 211 Å². The normalized spacial score (nSPS) is 11.8. The third-order valence-electron chi connectivity index (χ3n) is 5.53. The zero-order valence-corrected chi connectivity index (χ0v) is 21.9. The maximum absolute atomic E-state index is 13.5. The van der Waals surface area contributed by atoms with Crippen LogP contribution in [0.4, 0.5) is 5.69 Å². The smallest absolute Gasteiger partial charge is 0.243 e. The van der Waals surface area contributed by atoms with Crippen molar-refractivity contribution >= 4 is 44.8 Å². The van der Waals surface area contributed by atoms with E-state index in [0.717, 1.165) is 21.0 Å². The number of amides is 1. The number of aryl methyl sites for hydroxylation is 2. The predicted molar refractivity (Wildman–Crippen MR) is 139 cm³/mol. The lowest BCUT2D eigenvalue weighted by atomic mass is 9.98. The second kappa shape index (κ2) is 10.9. The Bertz CT molecular complexity index is 1290. The van der Waals surface area contributed by atoms with Gasteiger partial charge in [-0.3, -0.25) is 4.79 Å². The molecule has 0 aromatic heterocycles. The molecule has 3 aromatic carbocycles. The SMILES string of the molecule is Cc1ccc(S(=O)(=O)N(CC(=O)Nc2c(C)cccc2C(C)C)Cc2ccc(Cl)cc2Cl)cc1. The average Bonchev–Trinajstić information content (AvgIpc) is 2.76. The lowest BCUT2D eigenvalue weighted by Gasteiger charge is -2.23. The third kappa shape index (κ3) is 6.19. The number of halogens is 2. The largest absolute Gasteiger partial charge is 0.324 e. The zero-order valence-electron chi connectivity index (χ0n) is 19.6. The molecule has 0 saturated carbocycles. The first-order chi connectivity index (χ1) is 16.0. The number of sulfonamides is 1. The summed E-state index contributed by atoms with van der Waals surface area (Å²) in [6, 6.07) is 17.2. The Morgan fingerprint density at radius 1 is 1.00 bits per heavy atom. The lowest BCUT2D eigenvalue weighted by molar-refractivity contribution is -0.116. The lowest BCUT2D eigenvalue weighted by Crippen LogP contribution is -2.38. The van der Waals surface area contributed by atoms with E-state index < -0.39 is 15.9 Å². The summed E-state index contributed by atoms with van der Waals surface area (Å²) in [5.74, 6) is -0.243. The minimum Gasteiger partial charge on any atom is -0.324 e. The Balaban J connectivity index is 1.95. The molecule has 180 valence electrons. The standard InChI is InChI=1S/C26H28Cl2N2O3S/c1-17(2)23-7-5-6-19(4)26(23)29-25(31)16-30(15-20-10-11-21(27)14-24(20)28)34(32,33)22-12-8-18(3)9-13-22/h5-14,17H,15-16H2,1-4H3,(H,29,31). The molecule has 5 nitrogen and oxygen atoms in total. The van der Waals surface area contributed by atoms with Gasteiger partial charge in [0.1, 0.15) is 0 Å². The third-order valence-corrected chi connectivity index (χ3v) is 7.92. The van der Waals surface area contributed by atoms with Gasteiger partial charge in [-0.15, -0.1) is 0 Å². The molecule has 0 heterocycles. The first kappa shape index (κ1) is 26.2. The highest BCUT2D eigenvalue weighted by Crippen LogP contribution is 2.28. The van der Waals surface area contributed by atoms with Crippen molar-refractivity contribution in [1.29, 1.82) is 0 Å². The van der Waals surface area contributed by atoms with Crippen molar-refractivity contribution in [3.05, 3.63) is 93.0 Å². The van der Waals surface area contributed by atoms with E-state index in [0.29, 0.717) is 21.3 Å². The van der Waals surface area contributed by atoms with Crippen LogP contribution >= 0.6 is 23.2 Å². The zero-order chi connectivity index (χ0) is 25.0. The highest BCUT2D eigenvalue weighted by Gasteiger charge is 2.28. The quantitative estimate of drug-likeness (QED) is 0.366. The summed E-state index contributed by atoms with van der Waals surface area (Å²) in [5, 5.41) is 3.71. The molecule has 0 radical (unpaired) electrons. The van der Waals surface area contributed by atoms with E-state index >= 15 is 0 Å². The monoisotopic (exact) mass is 518 g/mol. The Morgan fingerprint density at radius 2 is 1.68 bits per heavy atom. The van der Waals surface area contributed by atoms with Gasteiger partial charge in [0.05, 0.1) is 11.4 Å². The van der Waals surface area contributed by atoms with Gasteiger partial charge in [-0.05, 0) is 60.7 Å². The molecular formula is C26H28Cl2N2O3S. The van der Waals surface area contributed by atoms with E-state index in [1.165, 1.54) is 12.1 Å². The first-order valence-corrected chi connectivity index (χ1v) is 13.1. The minimum absolute atomic E-state index is 0.0789. The fourth-order valence-corrected chi connectivity index (χ4v) is 5.45. The molecule has 3 aromatic rings. The van der Waals surface area contributed by atoms with Gasteiger partial charge in [0.25, 0.3) is 0 Å². The molecule has 0 aliphatic rings. The van der Waals surface area contributed by atoms with Crippen molar-refractivity contribution in [3.63, 3.8) is 0 Å². The van der Waals surface area contributed by atoms with Gasteiger partial charge in [-0.2, -0.15) is 4.31 Å². The van der Waals surface area contributed by atoms with Gasteiger partial charge in [-0.1, -0.05) is 79.0 Å². The van der Waals surface area contributed by atoms with Crippen LogP contribution in [-0.2, 0) is 21.4 Å². The number of hydrogen-bond acceptors (Lipinski definition) is 3. The van der Waals surface area contributed by atoms with Crippen molar-refractivity contribution in [2.45, 2.75) is 45.1 Å². The summed E-state index contributed by atoms with van der Waals surface area (Å²) in [6.45, 7) is 7.42. The number of nitrogens with zero attached hydrogens (tertiary/aromatic N) is 1. The molecule has 34 heavy (non-hydrogen) atoms. The Morgan fingerprint density at radius 3 is 2.29 bits per heavy atom. The highest BCUT2D eigenvalue weighted by atomic mass is 35.5. The minimum atomic E-state index is -3.99. The predicted octanol–water partition coefficient (Wildman–Crippen LogP) is 6.56. The van der Waals surface area contributed by atoms with Gasteiger partial charge in [-0.25, -0.2) is 8.42 Å². The van der Waals surface area contributed by atoms with Crippen LogP contribution in [0, 0.1) is 13.8 Å². The van der Waals surface area contributed by atoms with E-state index in [4.69, 9.17) is 23.2 Å². The summed E-state index contributed by atoms with van der Waals surface area (Å²) in [4.78, 5) is 13.2. The number of para-hydroxylation sites is 1. The van der Waals surface area contributed by atoms with Crippen LogP contribution in [0.25, 0.3) is 0 Å². The molecular weight excluding hydrogens is 491 g/mol. The van der Waals surface area contributed by atoms with Crippen molar-refractivity contribution in [2.75, 3.05) is 11.9 Å². The van der Waals surface area contributed by atoms with Crippen LogP contribution < -0.4 is 5.32 Å². The number of carbonyl (C=O) groups is 1. The van der Waals surface area contributed by atoms with E-state index in [1.807, 2.05) is 45.9 Å². The Kier molecular flexibility index (Phi) is 8.42. The molecule has 0 saturated heterocycles. The fourth-order valence-electron chi connectivity index (χ4n) is 3.61. The fraction of sp³-hybridized carbons (Fsp3) is 0.269. The van der Waals surface area contributed by atoms with E-state index in [1.54, 1.807) is 30.3 Å². The number of anilines is 1. The van der Waals surface area contributed by atoms with Gasteiger partial charge >= 0.3 is 0 Å². The van der Waals surface area contributed by atoms with Crippen molar-refractivity contribution in [2.24, 2.45) is 0 Å². The van der Waals surface area contributed by atoms with Gasteiger partial charge in [0.2, 0.25) is 15.9 Å². The summed E-state index contributed by atoms with van der Waals surface area (Å²) < 4.78 is 28.2. The molecule has 1 amide bonds. The van der Waals surface area contributed by atoms with Crippen molar-refractivity contribution in [1.82, 2.24) is 4.31 Å². The number of carbonyl (C=O) groups excluding carboxylic acids is 1. The van der Waals surface area contributed by atoms with Gasteiger partial charge in [0, 0.05) is 22.3 Å². The molecule has 0 aliphatic heterocycles. The van der Waals surface area contributed by atoms with Crippen LogP contribution in [0.2, 0.25) is 10.0 Å². The molecule has 8 heteroatoms. The number of rotatable bonds is 8. The maximum Gasteiger partial charge on any atom is 0.243 e. The summed E-state index contributed by atoms with van der Waals surface area (Å²) >= 11 is 12.3. The first-order valence-electron chi connectivity index (χ1n) is 10.9. The number of hydrogen-bond donors (Lipinski definition) is 1. The summed E-state index contributed by atoms with van der Waals surface area (Å²) in [5.41, 5.74) is 4.09.